The Hall–Kier alpha value is 0.516. The van der Waals surface area contributed by atoms with Crippen molar-refractivity contribution in [1.29, 1.82) is 0 Å². The maximum absolute atomic E-state index is 10.7. The Labute approximate surface area is 154 Å². The quantitative estimate of drug-likeness (QED) is 0.246. The maximum atomic E-state index is 9.87. The zero-order valence-electron chi connectivity index (χ0n) is 14.6. The van der Waals surface area contributed by atoms with E-state index in [1.54, 1.807) is 6.42 Å². The van der Waals surface area contributed by atoms with Gasteiger partial charge in [-0.2, -0.15) is 0 Å². The summed E-state index contributed by atoms with van der Waals surface area (Å²) in [6.45, 7) is 16.5. The van der Waals surface area contributed by atoms with Crippen LogP contribution in [0.3, 0.4) is 0 Å². The molecule has 1 saturated carbocycles. The molecule has 0 bridgehead atoms. The SMILES string of the molecule is C[C]1[C](C)[C](C)[C](C)[C]1C.F[P-](F)(F)(F)(F)F.[CH2][CH][CH][CH][CH]C.[Co+3]. The summed E-state index contributed by atoms with van der Waals surface area (Å²) in [6.07, 6.45) is 7.54. The Morgan fingerprint density at radius 2 is 0.875 bits per heavy atom. The van der Waals surface area contributed by atoms with E-state index in [1.165, 1.54) is 29.6 Å². The molecule has 1 fully saturated rings. The van der Waals surface area contributed by atoms with Crippen LogP contribution in [0.2, 0.25) is 0 Å². The van der Waals surface area contributed by atoms with Crippen LogP contribution in [0.5, 0.6) is 0 Å². The van der Waals surface area contributed by atoms with Crippen LogP contribution in [-0.4, -0.2) is 0 Å². The molecular weight excluding hydrogens is 396 g/mol. The van der Waals surface area contributed by atoms with Crippen LogP contribution in [-0.2, 0) is 16.8 Å². The van der Waals surface area contributed by atoms with E-state index < -0.39 is 7.81 Å². The van der Waals surface area contributed by atoms with E-state index in [0.29, 0.717) is 0 Å². The van der Waals surface area contributed by atoms with Crippen molar-refractivity contribution >= 4 is 7.81 Å². The van der Waals surface area contributed by atoms with Crippen molar-refractivity contribution in [3.63, 3.8) is 0 Å². The van der Waals surface area contributed by atoms with Crippen LogP contribution in [0.15, 0.2) is 0 Å². The van der Waals surface area contributed by atoms with Crippen molar-refractivity contribution < 1.29 is 42.0 Å². The van der Waals surface area contributed by atoms with Crippen molar-refractivity contribution in [1.82, 2.24) is 0 Å². The Morgan fingerprint density at radius 1 is 0.667 bits per heavy atom. The molecule has 0 amide bonds. The van der Waals surface area contributed by atoms with Crippen molar-refractivity contribution in [3.05, 3.63) is 62.2 Å². The molecule has 0 nitrogen and oxygen atoms in total. The summed E-state index contributed by atoms with van der Waals surface area (Å²) in [4.78, 5) is 0. The van der Waals surface area contributed by atoms with E-state index in [-0.39, 0.29) is 16.8 Å². The first kappa shape index (κ1) is 29.3. The fourth-order valence-corrected chi connectivity index (χ4v) is 1.60. The first-order chi connectivity index (χ1) is 9.92. The van der Waals surface area contributed by atoms with Gasteiger partial charge in [-0.1, -0.05) is 41.5 Å². The van der Waals surface area contributed by atoms with Crippen molar-refractivity contribution in [3.8, 4) is 0 Å². The van der Waals surface area contributed by atoms with E-state index in [2.05, 4.69) is 41.5 Å². The molecule has 0 aromatic carbocycles. The van der Waals surface area contributed by atoms with Crippen LogP contribution in [0, 0.1) is 62.2 Å². The third-order valence-electron chi connectivity index (χ3n) is 3.25. The van der Waals surface area contributed by atoms with Gasteiger partial charge < -0.3 is 0 Å². The van der Waals surface area contributed by atoms with Crippen molar-refractivity contribution in [2.45, 2.75) is 41.5 Å². The summed E-state index contributed by atoms with van der Waals surface area (Å²) >= 11 is 0. The zero-order chi connectivity index (χ0) is 19.1. The minimum absolute atomic E-state index is 0. The second kappa shape index (κ2) is 10.0. The molecule has 8 heteroatoms. The molecule has 0 heterocycles. The Bertz CT molecular complexity index is 269. The van der Waals surface area contributed by atoms with Gasteiger partial charge in [0.05, 0.1) is 0 Å². The fourth-order valence-electron chi connectivity index (χ4n) is 1.60. The van der Waals surface area contributed by atoms with Crippen molar-refractivity contribution in [2.24, 2.45) is 0 Å². The van der Waals surface area contributed by atoms with Crippen LogP contribution >= 0.6 is 7.81 Å². The van der Waals surface area contributed by atoms with E-state index in [0.717, 1.165) is 0 Å². The number of rotatable bonds is 3. The molecule has 0 aromatic rings. The van der Waals surface area contributed by atoms with E-state index in [1.807, 2.05) is 26.2 Å². The molecule has 0 atom stereocenters. The molecule has 24 heavy (non-hydrogen) atoms. The third kappa shape index (κ3) is 18.8. The molecule has 1 aliphatic rings. The summed E-state index contributed by atoms with van der Waals surface area (Å²) in [7, 11) is -10.7. The van der Waals surface area contributed by atoms with Gasteiger partial charge in [0.25, 0.3) is 0 Å². The van der Waals surface area contributed by atoms with E-state index >= 15 is 0 Å². The monoisotopic (exact) mass is 420 g/mol. The van der Waals surface area contributed by atoms with Crippen LogP contribution in [0.1, 0.15) is 41.5 Å². The predicted molar refractivity (Wildman–Crippen MR) is 86.4 cm³/mol. The fraction of sp³-hybridized carbons (Fsp3) is 0.375. The van der Waals surface area contributed by atoms with Gasteiger partial charge in [-0.25, -0.2) is 0 Å². The average Bonchev–Trinajstić information content (AvgIpc) is 2.52. The number of hydrogen-bond acceptors (Lipinski definition) is 0. The molecule has 1 rings (SSSR count). The zero-order valence-corrected chi connectivity index (χ0v) is 16.5. The van der Waals surface area contributed by atoms with Crippen LogP contribution < -0.4 is 0 Å². The van der Waals surface area contributed by atoms with Gasteiger partial charge in [-0.3, -0.25) is 0 Å². The smallest absolute Gasteiger partial charge is 0.0620 e. The topological polar surface area (TPSA) is 0 Å². The second-order valence-electron chi connectivity index (χ2n) is 5.04. The minimum Gasteiger partial charge on any atom is -0.0620 e. The Balaban J connectivity index is -0.000000282. The van der Waals surface area contributed by atoms with Crippen molar-refractivity contribution in [2.75, 3.05) is 0 Å². The van der Waals surface area contributed by atoms with Gasteiger partial charge in [0.1, 0.15) is 0 Å². The van der Waals surface area contributed by atoms with Gasteiger partial charge in [0.2, 0.25) is 0 Å². The molecule has 10 radical (unpaired) electrons. The van der Waals surface area contributed by atoms with Gasteiger partial charge >= 0.3 is 49.8 Å². The van der Waals surface area contributed by atoms with Gasteiger partial charge in [0.15, 0.2) is 0 Å². The van der Waals surface area contributed by atoms with E-state index in [4.69, 9.17) is 0 Å². The summed E-state index contributed by atoms with van der Waals surface area (Å²) < 4.78 is 59.2. The van der Waals surface area contributed by atoms with Gasteiger partial charge in [-0.15, -0.1) is 0 Å². The number of unbranched alkanes of at least 4 members (excludes halogenated alkanes) is 3. The first-order valence-electron chi connectivity index (χ1n) is 6.75. The van der Waals surface area contributed by atoms with Crippen LogP contribution in [0.4, 0.5) is 25.2 Å². The molecule has 0 saturated heterocycles. The number of hydrogen-bond donors (Lipinski definition) is 0. The summed E-state index contributed by atoms with van der Waals surface area (Å²) in [6, 6.07) is 0. The maximum Gasteiger partial charge on any atom is 3.00 e. The standard InChI is InChI=1S/C10H15.C6H9.Co.F6P/c1-6-7(2)9(4)10(5)8(6)3;1-3-5-6-4-2;;1-7(2,3,4,5)6/h1-5H3;3-6H,1H2,2H3;;/q;;+3;-1. The second-order valence-corrected chi connectivity index (χ2v) is 6.95. The average molecular weight is 420 g/mol. The molecular formula is C16H24CoF6P+2. The predicted octanol–water partition coefficient (Wildman–Crippen LogP) is 8.01. The van der Waals surface area contributed by atoms with E-state index in [9.17, 15) is 25.2 Å². The van der Waals surface area contributed by atoms with Gasteiger partial charge in [0, 0.05) is 0 Å². The Morgan fingerprint density at radius 3 is 0.958 bits per heavy atom. The number of halogens is 6. The normalized spacial score (nSPS) is 20.9. The first-order valence-corrected chi connectivity index (χ1v) is 8.78. The largest absolute Gasteiger partial charge is 3.00 e. The molecule has 1 aliphatic carbocycles. The summed E-state index contributed by atoms with van der Waals surface area (Å²) in [5.41, 5.74) is 0. The summed E-state index contributed by atoms with van der Waals surface area (Å²) in [5.74, 6) is 7.34. The molecule has 142 valence electrons. The van der Waals surface area contributed by atoms with Crippen LogP contribution in [0.25, 0.3) is 0 Å². The van der Waals surface area contributed by atoms with Gasteiger partial charge in [-0.05, 0) is 62.2 Å². The molecule has 0 spiro atoms. The molecule has 0 N–H and O–H groups in total. The molecule has 0 aliphatic heterocycles. The third-order valence-corrected chi connectivity index (χ3v) is 3.25. The summed E-state index contributed by atoms with van der Waals surface area (Å²) in [5, 5.41) is 0. The minimum atomic E-state index is -10.7. The molecule has 0 aromatic heterocycles. The molecule has 0 unspecified atom stereocenters. The Kier molecular flexibility index (Phi) is 12.2.